The van der Waals surface area contributed by atoms with Crippen LogP contribution in [0.4, 0.5) is 8.78 Å². The molecule has 1 aliphatic rings. The average molecular weight is 172 g/mol. The van der Waals surface area contributed by atoms with Crippen LogP contribution in [0.2, 0.25) is 0 Å². The van der Waals surface area contributed by atoms with Crippen molar-refractivity contribution in [3.05, 3.63) is 0 Å². The third-order valence-corrected chi connectivity index (χ3v) is 2.04. The van der Waals surface area contributed by atoms with E-state index >= 15 is 0 Å². The van der Waals surface area contributed by atoms with Gasteiger partial charge in [0, 0.05) is 0 Å². The van der Waals surface area contributed by atoms with Crippen molar-refractivity contribution in [3.63, 3.8) is 0 Å². The van der Waals surface area contributed by atoms with Crippen molar-refractivity contribution >= 4 is 5.97 Å². The molecule has 3 unspecified atom stereocenters. The fraction of sp³-hybridized carbons (Fsp3) is 0.857. The summed E-state index contributed by atoms with van der Waals surface area (Å²) in [4.78, 5) is 10.3. The third-order valence-electron chi connectivity index (χ3n) is 2.04. The molecule has 0 amide bonds. The molecule has 0 aromatic heterocycles. The van der Waals surface area contributed by atoms with Gasteiger partial charge < -0.3 is 6.53 Å². The molecular weight excluding hydrogens is 161 g/mol. The van der Waals surface area contributed by atoms with E-state index in [1.165, 1.54) is 0 Å². The smallest absolute Gasteiger partial charge is 1.00 e. The number of carboxylic acid groups (broad SMARTS) is 1. The normalized spacial score (nSPS) is 35.3. The van der Waals surface area contributed by atoms with Gasteiger partial charge in [0.05, 0.1) is 5.92 Å². The first-order valence-electron chi connectivity index (χ1n) is 3.64. The Balaban J connectivity index is 0. The van der Waals surface area contributed by atoms with Crippen LogP contribution >= 0.6 is 0 Å². The quantitative estimate of drug-likeness (QED) is 0.497. The number of halogens is 2. The van der Waals surface area contributed by atoms with E-state index in [-0.39, 0.29) is 33.1 Å². The Labute approximate surface area is 83.0 Å². The Hall–Kier alpha value is -0.0726. The SMILES string of the molecule is O=C(O)C1CCCC(F)C1F.[H-].[Li+]. The molecule has 2 nitrogen and oxygen atoms in total. The first kappa shape index (κ1) is 11.9. The zero-order valence-electron chi connectivity index (χ0n) is 7.96. The van der Waals surface area contributed by atoms with E-state index in [0.29, 0.717) is 6.42 Å². The number of rotatable bonds is 1. The molecule has 0 bridgehead atoms. The van der Waals surface area contributed by atoms with E-state index in [0.717, 1.165) is 0 Å². The van der Waals surface area contributed by atoms with E-state index < -0.39 is 24.2 Å². The minimum Gasteiger partial charge on any atom is -1.00 e. The molecule has 5 heteroatoms. The number of hydrogen-bond donors (Lipinski definition) is 1. The van der Waals surface area contributed by atoms with E-state index in [4.69, 9.17) is 5.11 Å². The molecule has 3 atom stereocenters. The van der Waals surface area contributed by atoms with Gasteiger partial charge in [0.15, 0.2) is 0 Å². The average Bonchev–Trinajstić information content (AvgIpc) is 1.94. The monoisotopic (exact) mass is 172 g/mol. The van der Waals surface area contributed by atoms with Gasteiger partial charge in [-0.1, -0.05) is 0 Å². The van der Waals surface area contributed by atoms with Crippen molar-refractivity contribution in [2.24, 2.45) is 5.92 Å². The topological polar surface area (TPSA) is 37.3 Å². The molecule has 0 aromatic rings. The molecule has 12 heavy (non-hydrogen) atoms. The zero-order valence-corrected chi connectivity index (χ0v) is 6.96. The van der Waals surface area contributed by atoms with Gasteiger partial charge in [-0.2, -0.15) is 0 Å². The van der Waals surface area contributed by atoms with Crippen LogP contribution in [0.3, 0.4) is 0 Å². The Morgan fingerprint density at radius 2 is 2.00 bits per heavy atom. The largest absolute Gasteiger partial charge is 1.00 e. The fourth-order valence-electron chi connectivity index (χ4n) is 1.36. The predicted molar refractivity (Wildman–Crippen MR) is 35.9 cm³/mol. The first-order chi connectivity index (χ1) is 5.13. The van der Waals surface area contributed by atoms with Gasteiger partial charge in [-0.3, -0.25) is 4.79 Å². The van der Waals surface area contributed by atoms with Crippen LogP contribution in [0, 0.1) is 5.92 Å². The van der Waals surface area contributed by atoms with Crippen molar-refractivity contribution in [1.82, 2.24) is 0 Å². The summed E-state index contributed by atoms with van der Waals surface area (Å²) in [7, 11) is 0. The first-order valence-corrected chi connectivity index (χ1v) is 3.64. The standard InChI is InChI=1S/C7H10F2O2.Li.H/c8-5-3-1-2-4(6(5)9)7(10)11;;/h4-6H,1-3H2,(H,10,11);;/q;+1;-1. The summed E-state index contributed by atoms with van der Waals surface area (Å²) in [6.45, 7) is 0. The van der Waals surface area contributed by atoms with Crippen molar-refractivity contribution in [1.29, 1.82) is 0 Å². The summed E-state index contributed by atoms with van der Waals surface area (Å²) >= 11 is 0. The Morgan fingerprint density at radius 1 is 1.42 bits per heavy atom. The van der Waals surface area contributed by atoms with Crippen molar-refractivity contribution in [2.45, 2.75) is 31.6 Å². The van der Waals surface area contributed by atoms with Crippen LogP contribution in [0.25, 0.3) is 0 Å². The summed E-state index contributed by atoms with van der Waals surface area (Å²) in [5.74, 6) is -2.35. The molecule has 0 saturated heterocycles. The van der Waals surface area contributed by atoms with Gasteiger partial charge in [0.2, 0.25) is 0 Å². The maximum atomic E-state index is 12.7. The minimum atomic E-state index is -1.80. The van der Waals surface area contributed by atoms with Crippen LogP contribution in [0.1, 0.15) is 20.7 Å². The summed E-state index contributed by atoms with van der Waals surface area (Å²) in [5, 5.41) is 8.42. The van der Waals surface area contributed by atoms with Gasteiger partial charge >= 0.3 is 24.8 Å². The summed E-state index contributed by atoms with van der Waals surface area (Å²) in [5.41, 5.74) is 0. The number of carbonyl (C=O) groups is 1. The third kappa shape index (κ3) is 2.46. The summed E-state index contributed by atoms with van der Waals surface area (Å²) in [6.07, 6.45) is -2.49. The Morgan fingerprint density at radius 3 is 2.42 bits per heavy atom. The molecule has 1 rings (SSSR count). The molecule has 0 heterocycles. The van der Waals surface area contributed by atoms with Crippen LogP contribution in [0.15, 0.2) is 0 Å². The predicted octanol–water partition coefficient (Wildman–Crippen LogP) is -1.34. The van der Waals surface area contributed by atoms with Crippen LogP contribution in [0.5, 0.6) is 0 Å². The van der Waals surface area contributed by atoms with Crippen molar-refractivity contribution in [2.75, 3.05) is 0 Å². The Kier molecular flexibility index (Phi) is 4.80. The Bertz CT molecular complexity index is 171. The van der Waals surface area contributed by atoms with Crippen molar-refractivity contribution in [3.8, 4) is 0 Å². The molecule has 0 spiro atoms. The number of hydrogen-bond acceptors (Lipinski definition) is 1. The molecule has 0 radical (unpaired) electrons. The molecule has 1 N–H and O–H groups in total. The molecule has 0 aromatic carbocycles. The van der Waals surface area contributed by atoms with E-state index in [9.17, 15) is 13.6 Å². The second kappa shape index (κ2) is 4.83. The maximum absolute atomic E-state index is 12.7. The van der Waals surface area contributed by atoms with Gasteiger partial charge in [0.25, 0.3) is 0 Å². The second-order valence-corrected chi connectivity index (χ2v) is 2.84. The maximum Gasteiger partial charge on any atom is 1.00 e. The molecule has 66 valence electrons. The van der Waals surface area contributed by atoms with Gasteiger partial charge in [0.1, 0.15) is 12.3 Å². The fourth-order valence-corrected chi connectivity index (χ4v) is 1.36. The van der Waals surface area contributed by atoms with Gasteiger partial charge in [-0.25, -0.2) is 8.78 Å². The number of carboxylic acids is 1. The number of aliphatic carboxylic acids is 1. The van der Waals surface area contributed by atoms with Crippen LogP contribution in [-0.2, 0) is 4.79 Å². The molecule has 1 aliphatic carbocycles. The van der Waals surface area contributed by atoms with E-state index in [1.807, 2.05) is 0 Å². The second-order valence-electron chi connectivity index (χ2n) is 2.84. The van der Waals surface area contributed by atoms with Crippen LogP contribution < -0.4 is 18.9 Å². The molecule has 1 saturated carbocycles. The molecular formula is C7H11F2LiO2. The zero-order chi connectivity index (χ0) is 8.43. The van der Waals surface area contributed by atoms with Crippen LogP contribution in [-0.4, -0.2) is 23.4 Å². The van der Waals surface area contributed by atoms with Gasteiger partial charge in [-0.05, 0) is 19.3 Å². The van der Waals surface area contributed by atoms with E-state index in [2.05, 4.69) is 0 Å². The minimum absolute atomic E-state index is 0. The molecule has 1 fully saturated rings. The molecule has 0 aliphatic heterocycles. The van der Waals surface area contributed by atoms with E-state index in [1.54, 1.807) is 0 Å². The number of alkyl halides is 2. The van der Waals surface area contributed by atoms with Crippen molar-refractivity contribution < 1.29 is 39.0 Å². The summed E-state index contributed by atoms with van der Waals surface area (Å²) < 4.78 is 25.3. The summed E-state index contributed by atoms with van der Waals surface area (Å²) in [6, 6.07) is 0. The van der Waals surface area contributed by atoms with Gasteiger partial charge in [-0.15, -0.1) is 0 Å².